The minimum atomic E-state index is -0.169. The van der Waals surface area contributed by atoms with Gasteiger partial charge in [-0.15, -0.1) is 0 Å². The molecule has 0 amide bonds. The topological polar surface area (TPSA) is 20.2 Å². The van der Waals surface area contributed by atoms with Crippen LogP contribution in [0.4, 0.5) is 4.39 Å². The largest absolute Gasteiger partial charge is 0.396 e. The van der Waals surface area contributed by atoms with Crippen LogP contribution in [0.1, 0.15) is 25.7 Å². The predicted octanol–water partition coefficient (Wildman–Crippen LogP) is 1.75. The van der Waals surface area contributed by atoms with Crippen molar-refractivity contribution in [3.05, 3.63) is 0 Å². The lowest BCUT2D eigenvalue weighted by Gasteiger charge is -2.24. The lowest BCUT2D eigenvalue weighted by molar-refractivity contribution is 0.156. The molecule has 0 bridgehead atoms. The molecule has 60 valence electrons. The van der Waals surface area contributed by atoms with E-state index in [0.29, 0.717) is 18.4 Å². The Kier molecular flexibility index (Phi) is 3.13. The second-order valence-corrected chi connectivity index (χ2v) is 3.22. The maximum Gasteiger partial charge on any atom is 0.0922 e. The standard InChI is InChI=1S/C8H15FO/c9-5-7-1-3-8(6-10)4-2-7/h7-8,10H,1-6H2. The predicted molar refractivity (Wildman–Crippen MR) is 38.5 cm³/mol. The van der Waals surface area contributed by atoms with Crippen LogP contribution in [-0.4, -0.2) is 18.4 Å². The summed E-state index contributed by atoms with van der Waals surface area (Å²) in [4.78, 5) is 0. The Morgan fingerprint density at radius 3 is 2.00 bits per heavy atom. The van der Waals surface area contributed by atoms with E-state index < -0.39 is 0 Å². The molecule has 1 fully saturated rings. The number of hydrogen-bond acceptors (Lipinski definition) is 1. The third-order valence-corrected chi connectivity index (χ3v) is 2.44. The summed E-state index contributed by atoms with van der Waals surface area (Å²) in [6.45, 7) is 0.122. The van der Waals surface area contributed by atoms with E-state index in [2.05, 4.69) is 0 Å². The molecule has 0 aromatic rings. The van der Waals surface area contributed by atoms with Gasteiger partial charge >= 0.3 is 0 Å². The van der Waals surface area contributed by atoms with Gasteiger partial charge in [0.2, 0.25) is 0 Å². The Hall–Kier alpha value is -0.110. The molecule has 0 heterocycles. The molecule has 0 spiro atoms. The second kappa shape index (κ2) is 3.91. The average molecular weight is 146 g/mol. The van der Waals surface area contributed by atoms with Crippen LogP contribution in [0, 0.1) is 11.8 Å². The average Bonchev–Trinajstić information content (AvgIpc) is 2.05. The van der Waals surface area contributed by atoms with Crippen molar-refractivity contribution in [1.82, 2.24) is 0 Å². The summed E-state index contributed by atoms with van der Waals surface area (Å²) in [6.07, 6.45) is 3.99. The third-order valence-electron chi connectivity index (χ3n) is 2.44. The van der Waals surface area contributed by atoms with Crippen molar-refractivity contribution in [3.63, 3.8) is 0 Å². The van der Waals surface area contributed by atoms with Crippen LogP contribution < -0.4 is 0 Å². The molecule has 1 aliphatic carbocycles. The van der Waals surface area contributed by atoms with E-state index in [1.807, 2.05) is 0 Å². The van der Waals surface area contributed by atoms with E-state index in [1.54, 1.807) is 0 Å². The number of aliphatic hydroxyl groups excluding tert-OH is 1. The van der Waals surface area contributed by atoms with Crippen LogP contribution in [0.3, 0.4) is 0 Å². The normalized spacial score (nSPS) is 34.2. The van der Waals surface area contributed by atoms with E-state index in [4.69, 9.17) is 5.11 Å². The van der Waals surface area contributed by atoms with Gasteiger partial charge in [0.05, 0.1) is 6.67 Å². The minimum absolute atomic E-state index is 0.169. The van der Waals surface area contributed by atoms with E-state index in [1.165, 1.54) is 0 Å². The molecule has 0 atom stereocenters. The SMILES string of the molecule is OCC1CCC(CF)CC1. The molecule has 0 aromatic heterocycles. The van der Waals surface area contributed by atoms with Crippen molar-refractivity contribution in [1.29, 1.82) is 0 Å². The molecular formula is C8H15FO. The maximum absolute atomic E-state index is 12.0. The molecule has 2 heteroatoms. The molecule has 1 aliphatic rings. The first kappa shape index (κ1) is 7.99. The van der Waals surface area contributed by atoms with Crippen LogP contribution in [0.5, 0.6) is 0 Å². The number of halogens is 1. The number of rotatable bonds is 2. The first-order valence-corrected chi connectivity index (χ1v) is 4.03. The highest BCUT2D eigenvalue weighted by molar-refractivity contribution is 4.71. The molecule has 0 aromatic carbocycles. The Bertz CT molecular complexity index is 75.3. The molecule has 1 saturated carbocycles. The van der Waals surface area contributed by atoms with E-state index in [0.717, 1.165) is 25.7 Å². The maximum atomic E-state index is 12.0. The summed E-state index contributed by atoms with van der Waals surface area (Å²) >= 11 is 0. The van der Waals surface area contributed by atoms with E-state index in [9.17, 15) is 4.39 Å². The van der Waals surface area contributed by atoms with Crippen LogP contribution in [0.2, 0.25) is 0 Å². The van der Waals surface area contributed by atoms with Gasteiger partial charge in [-0.25, -0.2) is 0 Å². The Labute approximate surface area is 61.2 Å². The van der Waals surface area contributed by atoms with Gasteiger partial charge in [-0.2, -0.15) is 0 Å². The van der Waals surface area contributed by atoms with Crippen molar-refractivity contribution in [2.24, 2.45) is 11.8 Å². The van der Waals surface area contributed by atoms with Crippen LogP contribution in [-0.2, 0) is 0 Å². The van der Waals surface area contributed by atoms with Crippen LogP contribution in [0.15, 0.2) is 0 Å². The molecule has 0 saturated heterocycles. The van der Waals surface area contributed by atoms with Gasteiger partial charge in [-0.1, -0.05) is 0 Å². The highest BCUT2D eigenvalue weighted by Crippen LogP contribution is 2.28. The van der Waals surface area contributed by atoms with Gasteiger partial charge < -0.3 is 5.11 Å². The fraction of sp³-hybridized carbons (Fsp3) is 1.00. The number of hydrogen-bond donors (Lipinski definition) is 1. The second-order valence-electron chi connectivity index (χ2n) is 3.22. The van der Waals surface area contributed by atoms with Crippen molar-refractivity contribution in [2.75, 3.05) is 13.3 Å². The quantitative estimate of drug-likeness (QED) is 0.629. The first-order valence-electron chi connectivity index (χ1n) is 4.03. The van der Waals surface area contributed by atoms with Gasteiger partial charge in [0.1, 0.15) is 0 Å². The Morgan fingerprint density at radius 2 is 1.60 bits per heavy atom. The van der Waals surface area contributed by atoms with Crippen LogP contribution in [0.25, 0.3) is 0 Å². The fourth-order valence-electron chi connectivity index (χ4n) is 1.57. The van der Waals surface area contributed by atoms with Gasteiger partial charge in [-0.3, -0.25) is 4.39 Å². The van der Waals surface area contributed by atoms with E-state index >= 15 is 0 Å². The fourth-order valence-corrected chi connectivity index (χ4v) is 1.57. The molecule has 1 nitrogen and oxygen atoms in total. The van der Waals surface area contributed by atoms with Crippen molar-refractivity contribution in [3.8, 4) is 0 Å². The summed E-state index contributed by atoms with van der Waals surface area (Å²) in [5.74, 6) is 0.755. The molecule has 0 radical (unpaired) electrons. The summed E-state index contributed by atoms with van der Waals surface area (Å²) < 4.78 is 12.0. The van der Waals surface area contributed by atoms with Gasteiger partial charge in [0.15, 0.2) is 0 Å². The number of aliphatic hydroxyl groups is 1. The molecule has 0 aliphatic heterocycles. The zero-order valence-electron chi connectivity index (χ0n) is 6.22. The number of alkyl halides is 1. The van der Waals surface area contributed by atoms with Gasteiger partial charge in [0.25, 0.3) is 0 Å². The summed E-state index contributed by atoms with van der Waals surface area (Å²) in [5, 5.41) is 8.76. The molecule has 10 heavy (non-hydrogen) atoms. The zero-order valence-corrected chi connectivity index (χ0v) is 6.22. The summed E-state index contributed by atoms with van der Waals surface area (Å²) in [5.41, 5.74) is 0. The molecule has 1 N–H and O–H groups in total. The van der Waals surface area contributed by atoms with Crippen LogP contribution >= 0.6 is 0 Å². The Morgan fingerprint density at radius 1 is 1.10 bits per heavy atom. The first-order chi connectivity index (χ1) is 4.86. The minimum Gasteiger partial charge on any atom is -0.396 e. The van der Waals surface area contributed by atoms with Gasteiger partial charge in [-0.05, 0) is 37.5 Å². The van der Waals surface area contributed by atoms with Crippen molar-refractivity contribution < 1.29 is 9.50 Å². The lowest BCUT2D eigenvalue weighted by atomic mass is 9.83. The van der Waals surface area contributed by atoms with Crippen molar-refractivity contribution >= 4 is 0 Å². The lowest BCUT2D eigenvalue weighted by Crippen LogP contribution is -2.18. The summed E-state index contributed by atoms with van der Waals surface area (Å²) in [6, 6.07) is 0. The summed E-state index contributed by atoms with van der Waals surface area (Å²) in [7, 11) is 0. The van der Waals surface area contributed by atoms with E-state index in [-0.39, 0.29) is 6.67 Å². The van der Waals surface area contributed by atoms with Gasteiger partial charge in [0, 0.05) is 6.61 Å². The highest BCUT2D eigenvalue weighted by atomic mass is 19.1. The van der Waals surface area contributed by atoms with Crippen molar-refractivity contribution in [2.45, 2.75) is 25.7 Å². The Balaban J connectivity index is 2.17. The highest BCUT2D eigenvalue weighted by Gasteiger charge is 2.19. The molecular weight excluding hydrogens is 131 g/mol. The third kappa shape index (κ3) is 1.94. The zero-order chi connectivity index (χ0) is 7.40. The molecule has 1 rings (SSSR count). The monoisotopic (exact) mass is 146 g/mol. The molecule has 0 unspecified atom stereocenters. The smallest absolute Gasteiger partial charge is 0.0922 e.